The minimum absolute atomic E-state index is 0.312. The summed E-state index contributed by atoms with van der Waals surface area (Å²) in [5.41, 5.74) is 2.63. The summed E-state index contributed by atoms with van der Waals surface area (Å²) in [6, 6.07) is 16.3. The smallest absolute Gasteiger partial charge is 0.243 e. The van der Waals surface area contributed by atoms with Gasteiger partial charge in [-0.05, 0) is 44.5 Å². The molecule has 0 fully saturated rings. The van der Waals surface area contributed by atoms with Crippen LogP contribution in [0.2, 0.25) is 0 Å². The number of anilines is 2. The van der Waals surface area contributed by atoms with Gasteiger partial charge < -0.3 is 10.2 Å². The Labute approximate surface area is 168 Å². The first-order valence-corrected chi connectivity index (χ1v) is 11.1. The van der Waals surface area contributed by atoms with E-state index in [0.717, 1.165) is 34.8 Å². The molecular weight excluding hydrogens is 374 g/mol. The van der Waals surface area contributed by atoms with E-state index in [1.165, 1.54) is 0 Å². The summed E-state index contributed by atoms with van der Waals surface area (Å²) in [6.07, 6.45) is 1.87. The Hall–Kier alpha value is -2.54. The Morgan fingerprint density at radius 1 is 1.04 bits per heavy atom. The summed E-state index contributed by atoms with van der Waals surface area (Å²) in [4.78, 5) is 14.7. The van der Waals surface area contributed by atoms with Crippen molar-refractivity contribution < 1.29 is 13.2 Å². The van der Waals surface area contributed by atoms with Crippen molar-refractivity contribution >= 4 is 27.3 Å². The average Bonchev–Trinajstić information content (AvgIpc) is 2.66. The van der Waals surface area contributed by atoms with Crippen molar-refractivity contribution in [1.29, 1.82) is 0 Å². The van der Waals surface area contributed by atoms with E-state index in [-0.39, 0.29) is 5.91 Å². The van der Waals surface area contributed by atoms with E-state index < -0.39 is 16.1 Å². The molecule has 0 heterocycles. The second kappa shape index (κ2) is 9.59. The molecule has 0 aromatic heterocycles. The van der Waals surface area contributed by atoms with Crippen molar-refractivity contribution in [2.75, 3.05) is 35.6 Å². The van der Waals surface area contributed by atoms with Crippen LogP contribution in [0.4, 0.5) is 11.4 Å². The molecule has 6 nitrogen and oxygen atoms in total. The molecule has 152 valence electrons. The summed E-state index contributed by atoms with van der Waals surface area (Å²) in [7, 11) is -1.59. The Morgan fingerprint density at radius 3 is 2.21 bits per heavy atom. The highest BCUT2D eigenvalue weighted by Gasteiger charge is 2.28. The number of sulfonamides is 1. The number of carbonyl (C=O) groups is 1. The fourth-order valence-electron chi connectivity index (χ4n) is 2.99. The summed E-state index contributed by atoms with van der Waals surface area (Å²) < 4.78 is 25.7. The number of carbonyl (C=O) groups excluding carboxylic acids is 1. The van der Waals surface area contributed by atoms with Crippen molar-refractivity contribution in [3.63, 3.8) is 0 Å². The van der Waals surface area contributed by atoms with E-state index >= 15 is 0 Å². The lowest BCUT2D eigenvalue weighted by atomic mass is 10.2. The molecule has 1 amide bonds. The number of aryl methyl sites for hydroxylation is 1. The predicted molar refractivity (Wildman–Crippen MR) is 115 cm³/mol. The third kappa shape index (κ3) is 5.99. The number of hydrogen-bond donors (Lipinski definition) is 1. The van der Waals surface area contributed by atoms with Crippen LogP contribution in [0, 0.1) is 6.92 Å². The zero-order chi connectivity index (χ0) is 20.7. The van der Waals surface area contributed by atoms with Crippen LogP contribution in [-0.2, 0) is 14.8 Å². The minimum Gasteiger partial charge on any atom is -0.375 e. The van der Waals surface area contributed by atoms with Gasteiger partial charge in [-0.25, -0.2) is 8.42 Å². The summed E-state index contributed by atoms with van der Waals surface area (Å²) in [5.74, 6) is -0.312. The first-order valence-electron chi connectivity index (χ1n) is 9.30. The van der Waals surface area contributed by atoms with Crippen molar-refractivity contribution in [2.24, 2.45) is 0 Å². The van der Waals surface area contributed by atoms with Crippen LogP contribution in [0.3, 0.4) is 0 Å². The number of benzene rings is 2. The molecule has 0 aliphatic heterocycles. The summed E-state index contributed by atoms with van der Waals surface area (Å²) in [6.45, 7) is 4.79. The molecular formula is C21H29N3O3S. The van der Waals surface area contributed by atoms with Gasteiger partial charge in [0.05, 0.1) is 11.9 Å². The molecule has 7 heteroatoms. The molecule has 2 aromatic carbocycles. The third-order valence-electron chi connectivity index (χ3n) is 4.54. The van der Waals surface area contributed by atoms with Gasteiger partial charge >= 0.3 is 0 Å². The first-order chi connectivity index (χ1) is 13.2. The molecule has 0 bridgehead atoms. The van der Waals surface area contributed by atoms with E-state index in [1.807, 2.05) is 56.4 Å². The van der Waals surface area contributed by atoms with Crippen LogP contribution in [0.15, 0.2) is 54.6 Å². The lowest BCUT2D eigenvalue weighted by Crippen LogP contribution is -2.48. The van der Waals surface area contributed by atoms with Gasteiger partial charge in [-0.15, -0.1) is 0 Å². The van der Waals surface area contributed by atoms with Gasteiger partial charge in [0.15, 0.2) is 0 Å². The molecule has 0 aliphatic carbocycles. The molecule has 0 radical (unpaired) electrons. The minimum atomic E-state index is -3.59. The van der Waals surface area contributed by atoms with Crippen molar-refractivity contribution in [1.82, 2.24) is 5.32 Å². The number of hydrogen-bond acceptors (Lipinski definition) is 4. The van der Waals surface area contributed by atoms with E-state index in [2.05, 4.69) is 10.2 Å². The number of nitrogens with zero attached hydrogens (tertiary/aromatic N) is 2. The number of rotatable bonds is 9. The number of amides is 1. The van der Waals surface area contributed by atoms with E-state index in [0.29, 0.717) is 12.2 Å². The summed E-state index contributed by atoms with van der Waals surface area (Å²) >= 11 is 0. The zero-order valence-corrected chi connectivity index (χ0v) is 17.7. The molecule has 1 N–H and O–H groups in total. The monoisotopic (exact) mass is 403 g/mol. The fraction of sp³-hybridized carbons (Fsp3) is 0.381. The molecule has 0 saturated carbocycles. The standard InChI is InChI=1S/C21H29N3O3S/c1-17-11-13-20(14-12-17)24(28(4,26)27)18(2)21(25)22-15-8-16-23(3)19-9-6-5-7-10-19/h5-7,9-14,18H,8,15-16H2,1-4H3,(H,22,25). The van der Waals surface area contributed by atoms with E-state index in [1.54, 1.807) is 19.1 Å². The van der Waals surface area contributed by atoms with E-state index in [4.69, 9.17) is 0 Å². The number of nitrogens with one attached hydrogen (secondary N) is 1. The lowest BCUT2D eigenvalue weighted by Gasteiger charge is -2.28. The molecule has 1 unspecified atom stereocenters. The largest absolute Gasteiger partial charge is 0.375 e. The molecule has 28 heavy (non-hydrogen) atoms. The van der Waals surface area contributed by atoms with Crippen LogP contribution < -0.4 is 14.5 Å². The quantitative estimate of drug-likeness (QED) is 0.654. The van der Waals surface area contributed by atoms with Crippen molar-refractivity contribution in [2.45, 2.75) is 26.3 Å². The van der Waals surface area contributed by atoms with Crippen LogP contribution in [0.5, 0.6) is 0 Å². The maximum absolute atomic E-state index is 12.6. The van der Waals surface area contributed by atoms with Crippen LogP contribution in [0.1, 0.15) is 18.9 Å². The average molecular weight is 404 g/mol. The SMILES string of the molecule is Cc1ccc(N(C(C)C(=O)NCCCN(C)c2ccccc2)S(C)(=O)=O)cc1. The fourth-order valence-corrected chi connectivity index (χ4v) is 4.16. The highest BCUT2D eigenvalue weighted by atomic mass is 32.2. The normalized spacial score (nSPS) is 12.3. The highest BCUT2D eigenvalue weighted by molar-refractivity contribution is 7.92. The van der Waals surface area contributed by atoms with Crippen LogP contribution in [0.25, 0.3) is 0 Å². The van der Waals surface area contributed by atoms with Gasteiger partial charge in [0.1, 0.15) is 6.04 Å². The Morgan fingerprint density at radius 2 is 1.64 bits per heavy atom. The van der Waals surface area contributed by atoms with Crippen molar-refractivity contribution in [3.8, 4) is 0 Å². The Kier molecular flexibility index (Phi) is 7.45. The van der Waals surface area contributed by atoms with Gasteiger partial charge in [-0.3, -0.25) is 9.10 Å². The van der Waals surface area contributed by atoms with E-state index in [9.17, 15) is 13.2 Å². The zero-order valence-electron chi connectivity index (χ0n) is 16.9. The molecule has 2 aromatic rings. The Bertz CT molecular complexity index is 868. The van der Waals surface area contributed by atoms with Gasteiger partial charge in [0.25, 0.3) is 0 Å². The molecule has 0 aliphatic rings. The lowest BCUT2D eigenvalue weighted by molar-refractivity contribution is -0.121. The third-order valence-corrected chi connectivity index (χ3v) is 5.79. The maximum Gasteiger partial charge on any atom is 0.243 e. The van der Waals surface area contributed by atoms with Gasteiger partial charge in [-0.2, -0.15) is 0 Å². The predicted octanol–water partition coefficient (Wildman–Crippen LogP) is 2.79. The highest BCUT2D eigenvalue weighted by Crippen LogP contribution is 2.21. The second-order valence-electron chi connectivity index (χ2n) is 6.97. The molecule has 0 spiro atoms. The molecule has 0 saturated heterocycles. The number of para-hydroxylation sites is 1. The Balaban J connectivity index is 1.93. The van der Waals surface area contributed by atoms with Crippen LogP contribution >= 0.6 is 0 Å². The van der Waals surface area contributed by atoms with Crippen molar-refractivity contribution in [3.05, 3.63) is 60.2 Å². The molecule has 1 atom stereocenters. The van der Waals surface area contributed by atoms with Gasteiger partial charge in [0.2, 0.25) is 15.9 Å². The van der Waals surface area contributed by atoms with Gasteiger partial charge in [-0.1, -0.05) is 35.9 Å². The van der Waals surface area contributed by atoms with Gasteiger partial charge in [0, 0.05) is 25.8 Å². The molecule has 2 rings (SSSR count). The summed E-state index contributed by atoms with van der Waals surface area (Å²) in [5, 5.41) is 2.85. The topological polar surface area (TPSA) is 69.7 Å². The maximum atomic E-state index is 12.6. The van der Waals surface area contributed by atoms with Crippen LogP contribution in [-0.4, -0.2) is 46.8 Å². The second-order valence-corrected chi connectivity index (χ2v) is 8.83. The first kappa shape index (κ1) is 21.8.